The molecule has 4 N–H and O–H groups in total. The van der Waals surface area contributed by atoms with Crippen molar-refractivity contribution in [3.05, 3.63) is 102 Å². The Labute approximate surface area is 391 Å². The van der Waals surface area contributed by atoms with Gasteiger partial charge in [-0.15, -0.1) is 0 Å². The van der Waals surface area contributed by atoms with Gasteiger partial charge in [0.2, 0.25) is 0 Å². The number of ether oxygens (including phenoxy) is 9. The number of amides is 4. The van der Waals surface area contributed by atoms with Crippen LogP contribution in [0.3, 0.4) is 0 Å². The van der Waals surface area contributed by atoms with E-state index in [1.807, 2.05) is 19.9 Å². The van der Waals surface area contributed by atoms with Gasteiger partial charge in [-0.3, -0.25) is 4.79 Å². The summed E-state index contributed by atoms with van der Waals surface area (Å²) in [5.41, 5.74) is 2.26. The molecule has 4 aromatic carbocycles. The molecule has 0 aliphatic rings. The van der Waals surface area contributed by atoms with E-state index in [1.165, 1.54) is 42.7 Å². The number of esters is 3. The van der Waals surface area contributed by atoms with E-state index in [9.17, 15) is 24.0 Å². The van der Waals surface area contributed by atoms with Gasteiger partial charge in [0.1, 0.15) is 66.4 Å². The SMILES string of the molecule is CC.COc1ccc(COC(=O)CCC(NC(=O)NC(CCCCNC(=O)Nc2ccccc2)C(=O)OCc2ccc(OC)cc2OC)C(=O)OCc2ccc(OC)cc2OC)c(OC)c1.[HH].[HH].[HH].[HH]. The van der Waals surface area contributed by atoms with Crippen molar-refractivity contribution in [2.45, 2.75) is 77.9 Å². The smallest absolute Gasteiger partial charge is 0.329 e. The molecule has 0 aromatic heterocycles. The number of unbranched alkanes of at least 4 members (excludes halogenated alkanes) is 1. The first-order valence-corrected chi connectivity index (χ1v) is 21.3. The third-order valence-electron chi connectivity index (χ3n) is 9.66. The van der Waals surface area contributed by atoms with E-state index in [0.717, 1.165) is 0 Å². The normalized spacial score (nSPS) is 11.2. The third kappa shape index (κ3) is 17.7. The fraction of sp³-hybridized carbons (Fsp3) is 0.396. The Morgan fingerprint density at radius 2 is 0.955 bits per heavy atom. The lowest BCUT2D eigenvalue weighted by Gasteiger charge is -2.22. The molecular weight excluding hydrogens is 857 g/mol. The molecule has 366 valence electrons. The fourth-order valence-corrected chi connectivity index (χ4v) is 6.13. The van der Waals surface area contributed by atoms with Crippen LogP contribution in [0.15, 0.2) is 84.9 Å². The first kappa shape index (κ1) is 53.0. The first-order chi connectivity index (χ1) is 32.0. The Morgan fingerprint density at radius 1 is 0.515 bits per heavy atom. The number of hydrogen-bond acceptors (Lipinski definition) is 14. The van der Waals surface area contributed by atoms with E-state index in [0.29, 0.717) is 69.7 Å². The van der Waals surface area contributed by atoms with Crippen molar-refractivity contribution in [1.82, 2.24) is 16.0 Å². The molecule has 18 nitrogen and oxygen atoms in total. The summed E-state index contributed by atoms with van der Waals surface area (Å²) in [5, 5.41) is 10.7. The van der Waals surface area contributed by atoms with E-state index in [1.54, 1.807) is 78.9 Å². The lowest BCUT2D eigenvalue weighted by molar-refractivity contribution is -0.149. The maximum Gasteiger partial charge on any atom is 0.329 e. The molecule has 2 atom stereocenters. The fourth-order valence-electron chi connectivity index (χ4n) is 6.13. The number of carbonyl (C=O) groups is 5. The van der Waals surface area contributed by atoms with Crippen LogP contribution in [0.4, 0.5) is 15.3 Å². The number of methoxy groups -OCH3 is 6. The van der Waals surface area contributed by atoms with Crippen molar-refractivity contribution in [2.75, 3.05) is 54.5 Å². The third-order valence-corrected chi connectivity index (χ3v) is 9.66. The van der Waals surface area contributed by atoms with Crippen LogP contribution in [0.5, 0.6) is 34.5 Å². The summed E-state index contributed by atoms with van der Waals surface area (Å²) in [4.78, 5) is 66.4. The number of benzene rings is 4. The number of rotatable bonds is 25. The molecule has 0 heterocycles. The van der Waals surface area contributed by atoms with Crippen molar-refractivity contribution >= 4 is 35.7 Å². The lowest BCUT2D eigenvalue weighted by Crippen LogP contribution is -2.51. The standard InChI is InChI=1S/C46H56N4O14.C2H6.4H2/c1-56-34-18-15-30(39(24-34)59-4)27-62-42(51)22-21-38(44(53)64-29-32-17-20-36(58-3)26-41(32)61-6)50-46(55)49-37(14-10-11-23-47-45(54)48-33-12-8-7-9-13-33)43(52)63-28-31-16-19-35(57-2)25-40(31)60-5;1-2;;;;/h7-9,12-13,15-20,24-26,37-38H,10-11,14,21-23,27-29H2,1-6H3,(H2,47,48,54)(H2,49,50,55);1-2H3;4*1H. The Bertz CT molecular complexity index is 2180. The summed E-state index contributed by atoms with van der Waals surface area (Å²) >= 11 is 0. The first-order valence-electron chi connectivity index (χ1n) is 21.3. The minimum Gasteiger partial charge on any atom is -0.497 e. The lowest BCUT2D eigenvalue weighted by atomic mass is 10.1. The summed E-state index contributed by atoms with van der Waals surface area (Å²) in [6, 6.07) is 20.0. The van der Waals surface area contributed by atoms with Gasteiger partial charge in [0.25, 0.3) is 0 Å². The van der Waals surface area contributed by atoms with Gasteiger partial charge in [0, 0.05) is 59.2 Å². The van der Waals surface area contributed by atoms with Crippen LogP contribution in [-0.2, 0) is 48.4 Å². The quantitative estimate of drug-likeness (QED) is 0.0281. The Kier molecular flexibility index (Phi) is 23.4. The van der Waals surface area contributed by atoms with Crippen molar-refractivity contribution < 1.29 is 72.3 Å². The molecule has 4 aromatic rings. The number of hydrogen-bond donors (Lipinski definition) is 4. The van der Waals surface area contributed by atoms with Gasteiger partial charge < -0.3 is 63.9 Å². The molecule has 0 aliphatic heterocycles. The number of para-hydroxylation sites is 1. The summed E-state index contributed by atoms with van der Waals surface area (Å²) in [6.07, 6.45) is 0.382. The minimum absolute atomic E-state index is 0. The highest BCUT2D eigenvalue weighted by Crippen LogP contribution is 2.28. The zero-order chi connectivity index (χ0) is 48.3. The summed E-state index contributed by atoms with van der Waals surface area (Å²) < 4.78 is 48.7. The zero-order valence-corrected chi connectivity index (χ0v) is 38.8. The zero-order valence-electron chi connectivity index (χ0n) is 38.8. The maximum atomic E-state index is 13.7. The Morgan fingerprint density at radius 3 is 1.39 bits per heavy atom. The molecule has 0 saturated carbocycles. The topological polar surface area (TPSA) is 217 Å². The molecule has 0 bridgehead atoms. The van der Waals surface area contributed by atoms with Gasteiger partial charge in [-0.1, -0.05) is 32.0 Å². The van der Waals surface area contributed by atoms with Crippen LogP contribution in [0.1, 0.15) is 68.3 Å². The minimum atomic E-state index is -1.38. The van der Waals surface area contributed by atoms with Crippen molar-refractivity contribution in [1.29, 1.82) is 0 Å². The predicted molar refractivity (Wildman–Crippen MR) is 254 cm³/mol. The van der Waals surface area contributed by atoms with Crippen LogP contribution in [-0.4, -0.2) is 91.3 Å². The highest BCUT2D eigenvalue weighted by molar-refractivity contribution is 5.89. The molecule has 0 spiro atoms. The molecule has 18 heteroatoms. The van der Waals surface area contributed by atoms with Gasteiger partial charge in [-0.2, -0.15) is 0 Å². The monoisotopic (exact) mass is 926 g/mol. The molecule has 4 rings (SSSR count). The second-order valence-electron chi connectivity index (χ2n) is 13.9. The molecule has 2 unspecified atom stereocenters. The van der Waals surface area contributed by atoms with Crippen LogP contribution in [0.2, 0.25) is 0 Å². The number of urea groups is 2. The summed E-state index contributed by atoms with van der Waals surface area (Å²) in [5.74, 6) is 0.564. The van der Waals surface area contributed by atoms with Gasteiger partial charge in [-0.25, -0.2) is 19.2 Å². The number of nitrogens with one attached hydrogen (secondary N) is 4. The second-order valence-corrected chi connectivity index (χ2v) is 13.9. The largest absolute Gasteiger partial charge is 0.497 e. The van der Waals surface area contributed by atoms with Crippen molar-refractivity contribution in [3.63, 3.8) is 0 Å². The maximum absolute atomic E-state index is 13.7. The summed E-state index contributed by atoms with van der Waals surface area (Å²) in [7, 11) is 8.92. The molecule has 0 radical (unpaired) electrons. The van der Waals surface area contributed by atoms with Crippen LogP contribution < -0.4 is 49.7 Å². The average molecular weight is 927 g/mol. The molecule has 0 fully saturated rings. The van der Waals surface area contributed by atoms with Crippen molar-refractivity contribution in [3.8, 4) is 34.5 Å². The van der Waals surface area contributed by atoms with Crippen molar-refractivity contribution in [2.24, 2.45) is 0 Å². The summed E-state index contributed by atoms with van der Waals surface area (Å²) in [6.45, 7) is 3.70. The average Bonchev–Trinajstić information content (AvgIpc) is 3.35. The number of anilines is 1. The van der Waals surface area contributed by atoms with E-state index in [2.05, 4.69) is 21.3 Å². The van der Waals surface area contributed by atoms with Crippen LogP contribution in [0, 0.1) is 0 Å². The van der Waals surface area contributed by atoms with E-state index < -0.39 is 42.1 Å². The van der Waals surface area contributed by atoms with Crippen LogP contribution in [0.25, 0.3) is 0 Å². The van der Waals surface area contributed by atoms with Gasteiger partial charge in [0.05, 0.1) is 42.7 Å². The van der Waals surface area contributed by atoms with E-state index in [4.69, 9.17) is 42.6 Å². The van der Waals surface area contributed by atoms with Gasteiger partial charge in [0.15, 0.2) is 0 Å². The molecule has 66 heavy (non-hydrogen) atoms. The highest BCUT2D eigenvalue weighted by Gasteiger charge is 2.28. The second kappa shape index (κ2) is 29.1. The van der Waals surface area contributed by atoms with Gasteiger partial charge in [-0.05, 0) is 74.2 Å². The highest BCUT2D eigenvalue weighted by atomic mass is 16.5. The molecule has 0 aliphatic carbocycles. The van der Waals surface area contributed by atoms with E-state index in [-0.39, 0.29) is 51.3 Å². The number of carbonyl (C=O) groups excluding carboxylic acids is 5. The van der Waals surface area contributed by atoms with Gasteiger partial charge >= 0.3 is 30.0 Å². The molecule has 4 amide bonds. The molecular formula is C48H70N4O14. The van der Waals surface area contributed by atoms with Crippen LogP contribution >= 0.6 is 0 Å². The predicted octanol–water partition coefficient (Wildman–Crippen LogP) is 8.09. The Hall–Kier alpha value is -7.37. The Balaban J connectivity index is 0. The molecule has 0 saturated heterocycles. The van der Waals surface area contributed by atoms with E-state index >= 15 is 0 Å².